The molecule has 3 aromatic heterocycles. The van der Waals surface area contributed by atoms with Crippen LogP contribution in [-0.4, -0.2) is 20.6 Å². The first-order valence-electron chi connectivity index (χ1n) is 10.9. The number of fused-ring (bicyclic) bond motifs is 3. The number of nitrogens with one attached hydrogen (secondary N) is 1. The highest BCUT2D eigenvalue weighted by molar-refractivity contribution is 7.98. The van der Waals surface area contributed by atoms with Gasteiger partial charge in [0, 0.05) is 51.6 Å². The minimum Gasteiger partial charge on any atom is -0.361 e. The minimum atomic E-state index is -0.178. The molecular weight excluding hydrogens is 432 g/mol. The first-order chi connectivity index (χ1) is 16.1. The molecule has 7 heteroatoms. The van der Waals surface area contributed by atoms with E-state index in [1.54, 1.807) is 18.3 Å². The molecule has 1 amide bonds. The van der Waals surface area contributed by atoms with Crippen molar-refractivity contribution in [2.75, 3.05) is 5.32 Å². The number of benzene rings is 2. The quantitative estimate of drug-likeness (QED) is 0.301. The predicted molar refractivity (Wildman–Crippen MR) is 133 cm³/mol. The number of hydrogen-bond acceptors (Lipinski definition) is 5. The predicted octanol–water partition coefficient (Wildman–Crippen LogP) is 6.36. The third-order valence-electron chi connectivity index (χ3n) is 5.90. The average Bonchev–Trinajstić information content (AvgIpc) is 3.33. The zero-order chi connectivity index (χ0) is 22.9. The number of pyridine rings is 1. The van der Waals surface area contributed by atoms with Crippen LogP contribution < -0.4 is 5.32 Å². The molecule has 0 aliphatic rings. The van der Waals surface area contributed by atoms with Crippen molar-refractivity contribution in [3.63, 3.8) is 0 Å². The van der Waals surface area contributed by atoms with Crippen LogP contribution in [0.3, 0.4) is 0 Å². The number of carbonyl (C=O) groups excluding carboxylic acids is 1. The minimum absolute atomic E-state index is 0.178. The summed E-state index contributed by atoms with van der Waals surface area (Å²) in [7, 11) is 0. The van der Waals surface area contributed by atoms with Gasteiger partial charge in [-0.15, -0.1) is 11.8 Å². The zero-order valence-electron chi connectivity index (χ0n) is 18.8. The van der Waals surface area contributed by atoms with Crippen LogP contribution in [0, 0.1) is 13.8 Å². The van der Waals surface area contributed by atoms with Crippen molar-refractivity contribution in [3.8, 4) is 0 Å². The molecule has 0 bridgehead atoms. The Balaban J connectivity index is 1.43. The first kappa shape index (κ1) is 21.3. The molecule has 5 aromatic rings. The Morgan fingerprint density at radius 1 is 1.06 bits per heavy atom. The molecule has 1 N–H and O–H groups in total. The summed E-state index contributed by atoms with van der Waals surface area (Å²) in [4.78, 5) is 17.6. The van der Waals surface area contributed by atoms with E-state index in [1.807, 2.05) is 26.0 Å². The summed E-state index contributed by atoms with van der Waals surface area (Å²) in [5.41, 5.74) is 5.57. The first-order valence-corrected chi connectivity index (χ1v) is 11.9. The maximum atomic E-state index is 13.2. The number of amides is 1. The molecule has 3 heterocycles. The Hall–Kier alpha value is -3.58. The maximum Gasteiger partial charge on any atom is 0.258 e. The van der Waals surface area contributed by atoms with Crippen molar-refractivity contribution >= 4 is 45.2 Å². The van der Waals surface area contributed by atoms with Crippen LogP contribution in [0.2, 0.25) is 0 Å². The molecule has 0 aliphatic carbocycles. The number of rotatable bonds is 6. The lowest BCUT2D eigenvalue weighted by Gasteiger charge is -2.10. The summed E-state index contributed by atoms with van der Waals surface area (Å²) in [6.45, 7) is 6.85. The second kappa shape index (κ2) is 8.75. The maximum absolute atomic E-state index is 13.2. The number of anilines is 1. The van der Waals surface area contributed by atoms with Crippen molar-refractivity contribution in [1.29, 1.82) is 0 Å². The Morgan fingerprint density at radius 3 is 2.67 bits per heavy atom. The van der Waals surface area contributed by atoms with E-state index in [0.717, 1.165) is 40.2 Å². The Bertz CT molecular complexity index is 1470. The summed E-state index contributed by atoms with van der Waals surface area (Å²) in [5.74, 6) is 1.26. The van der Waals surface area contributed by atoms with Crippen LogP contribution in [-0.2, 0) is 12.3 Å². The van der Waals surface area contributed by atoms with Gasteiger partial charge in [0.1, 0.15) is 10.8 Å². The normalized spacial score (nSPS) is 11.4. The number of aryl methyl sites for hydroxylation is 3. The van der Waals surface area contributed by atoms with Crippen LogP contribution in [0.4, 0.5) is 5.69 Å². The second-order valence-electron chi connectivity index (χ2n) is 7.89. The van der Waals surface area contributed by atoms with Crippen molar-refractivity contribution < 1.29 is 9.32 Å². The highest BCUT2D eigenvalue weighted by Crippen LogP contribution is 2.32. The van der Waals surface area contributed by atoms with Gasteiger partial charge in [-0.1, -0.05) is 23.4 Å². The number of thioether (sulfide) groups is 1. The van der Waals surface area contributed by atoms with Gasteiger partial charge in [-0.05, 0) is 57.2 Å². The van der Waals surface area contributed by atoms with Crippen molar-refractivity contribution in [1.82, 2.24) is 14.7 Å². The lowest BCUT2D eigenvalue weighted by molar-refractivity contribution is 0.102. The molecule has 0 atom stereocenters. The zero-order valence-corrected chi connectivity index (χ0v) is 19.6. The van der Waals surface area contributed by atoms with Gasteiger partial charge in [-0.2, -0.15) is 0 Å². The van der Waals surface area contributed by atoms with Crippen LogP contribution in [0.15, 0.2) is 70.3 Å². The average molecular weight is 457 g/mol. The Kier molecular flexibility index (Phi) is 5.64. The number of hydrogen-bond donors (Lipinski definition) is 1. The fourth-order valence-electron chi connectivity index (χ4n) is 4.20. The molecule has 0 saturated carbocycles. The van der Waals surface area contributed by atoms with Crippen LogP contribution in [0.1, 0.15) is 34.3 Å². The van der Waals surface area contributed by atoms with Gasteiger partial charge in [-0.25, -0.2) is 4.98 Å². The Labute approximate surface area is 196 Å². The Morgan fingerprint density at radius 2 is 1.88 bits per heavy atom. The fourth-order valence-corrected chi connectivity index (χ4v) is 5.34. The molecule has 0 aliphatic heterocycles. The number of carbonyl (C=O) groups is 1. The molecule has 33 heavy (non-hydrogen) atoms. The van der Waals surface area contributed by atoms with Crippen molar-refractivity contribution in [2.45, 2.75) is 38.1 Å². The fraction of sp³-hybridized carbons (Fsp3) is 0.192. The summed E-state index contributed by atoms with van der Waals surface area (Å²) in [6.07, 6.45) is 1.71. The largest absolute Gasteiger partial charge is 0.361 e. The van der Waals surface area contributed by atoms with E-state index in [1.165, 1.54) is 22.7 Å². The van der Waals surface area contributed by atoms with E-state index in [0.29, 0.717) is 16.3 Å². The summed E-state index contributed by atoms with van der Waals surface area (Å²) in [6, 6.07) is 18.0. The lowest BCUT2D eigenvalue weighted by atomic mass is 10.1. The number of aromatic nitrogens is 3. The molecule has 0 saturated heterocycles. The van der Waals surface area contributed by atoms with E-state index >= 15 is 0 Å². The highest BCUT2D eigenvalue weighted by atomic mass is 32.2. The smallest absolute Gasteiger partial charge is 0.258 e. The van der Waals surface area contributed by atoms with E-state index in [2.05, 4.69) is 57.3 Å². The molecular formula is C26H24N4O2S. The van der Waals surface area contributed by atoms with E-state index in [-0.39, 0.29) is 5.91 Å². The van der Waals surface area contributed by atoms with Crippen LogP contribution >= 0.6 is 11.8 Å². The van der Waals surface area contributed by atoms with Gasteiger partial charge >= 0.3 is 0 Å². The van der Waals surface area contributed by atoms with Gasteiger partial charge in [0.05, 0.1) is 11.3 Å². The number of para-hydroxylation sites is 1. The summed E-state index contributed by atoms with van der Waals surface area (Å²) < 4.78 is 7.54. The molecule has 166 valence electrons. The highest BCUT2D eigenvalue weighted by Gasteiger charge is 2.17. The van der Waals surface area contributed by atoms with E-state index in [4.69, 9.17) is 4.52 Å². The monoisotopic (exact) mass is 456 g/mol. The van der Waals surface area contributed by atoms with Crippen LogP contribution in [0.25, 0.3) is 21.8 Å². The standard InChI is InChI=1S/C26H24N4O2S/c1-4-30-23-10-6-5-8-19(23)21-14-18(11-12-24(21)30)28-25(31)20-9-7-13-27-26(20)33-15-22-16(2)29-32-17(22)3/h5-14H,4,15H2,1-3H3,(H,28,31). The topological polar surface area (TPSA) is 73.0 Å². The molecule has 0 fully saturated rings. The van der Waals surface area contributed by atoms with Gasteiger partial charge in [0.25, 0.3) is 5.91 Å². The summed E-state index contributed by atoms with van der Waals surface area (Å²) >= 11 is 1.51. The SMILES string of the molecule is CCn1c2ccccc2c2cc(NC(=O)c3cccnc3SCc3c(C)noc3C)ccc21. The van der Waals surface area contributed by atoms with Crippen molar-refractivity contribution in [3.05, 3.63) is 83.4 Å². The van der Waals surface area contributed by atoms with Gasteiger partial charge < -0.3 is 14.4 Å². The third kappa shape index (κ3) is 3.89. The van der Waals surface area contributed by atoms with Crippen molar-refractivity contribution in [2.24, 2.45) is 0 Å². The molecule has 6 nitrogen and oxygen atoms in total. The number of nitrogens with zero attached hydrogens (tertiary/aromatic N) is 3. The van der Waals surface area contributed by atoms with Crippen LogP contribution in [0.5, 0.6) is 0 Å². The molecule has 0 radical (unpaired) electrons. The lowest BCUT2D eigenvalue weighted by Crippen LogP contribution is -2.13. The van der Waals surface area contributed by atoms with Gasteiger partial charge in [0.2, 0.25) is 0 Å². The van der Waals surface area contributed by atoms with E-state index in [9.17, 15) is 4.79 Å². The molecule has 2 aromatic carbocycles. The molecule has 5 rings (SSSR count). The van der Waals surface area contributed by atoms with E-state index < -0.39 is 0 Å². The summed E-state index contributed by atoms with van der Waals surface area (Å²) in [5, 5.41) is 10.1. The molecule has 0 unspecified atom stereocenters. The second-order valence-corrected chi connectivity index (χ2v) is 8.86. The van der Waals surface area contributed by atoms with Gasteiger partial charge in [0.15, 0.2) is 0 Å². The third-order valence-corrected chi connectivity index (χ3v) is 6.93. The van der Waals surface area contributed by atoms with Gasteiger partial charge in [-0.3, -0.25) is 4.79 Å². The molecule has 0 spiro atoms.